The van der Waals surface area contributed by atoms with Crippen molar-refractivity contribution >= 4 is 11.9 Å². The van der Waals surface area contributed by atoms with Crippen LogP contribution in [0.3, 0.4) is 0 Å². The predicted molar refractivity (Wildman–Crippen MR) is 66.0 cm³/mol. The first kappa shape index (κ1) is 14.5. The highest BCUT2D eigenvalue weighted by atomic mass is 19.4. The van der Waals surface area contributed by atoms with Gasteiger partial charge >= 0.3 is 6.18 Å². The molecule has 1 aliphatic heterocycles. The van der Waals surface area contributed by atoms with Crippen molar-refractivity contribution in [2.45, 2.75) is 44.9 Å². The Morgan fingerprint density at radius 2 is 2.10 bits per heavy atom. The molecule has 0 radical (unpaired) electrons. The van der Waals surface area contributed by atoms with Gasteiger partial charge in [-0.3, -0.25) is 4.79 Å². The van der Waals surface area contributed by atoms with Crippen LogP contribution >= 0.6 is 0 Å². The second-order valence-electron chi connectivity index (χ2n) is 4.86. The van der Waals surface area contributed by atoms with Gasteiger partial charge in [-0.25, -0.2) is 9.97 Å². The zero-order chi connectivity index (χ0) is 14.9. The largest absolute Gasteiger partial charge is 0.433 e. The maximum Gasteiger partial charge on any atom is 0.433 e. The number of carbonyl (C=O) groups excluding carboxylic acids is 1. The molecule has 2 atom stereocenters. The number of hydrogen-bond donors (Lipinski definition) is 2. The molecule has 2 rings (SSSR count). The Bertz CT molecular complexity index is 518. The van der Waals surface area contributed by atoms with E-state index >= 15 is 0 Å². The highest BCUT2D eigenvalue weighted by molar-refractivity contribution is 5.77. The summed E-state index contributed by atoms with van der Waals surface area (Å²) in [6.45, 7) is 3.27. The maximum absolute atomic E-state index is 12.7. The maximum atomic E-state index is 12.7. The van der Waals surface area contributed by atoms with E-state index < -0.39 is 11.9 Å². The summed E-state index contributed by atoms with van der Waals surface area (Å²) in [4.78, 5) is 18.6. The molecule has 110 valence electrons. The van der Waals surface area contributed by atoms with E-state index in [-0.39, 0.29) is 29.6 Å². The lowest BCUT2D eigenvalue weighted by Gasteiger charge is -2.30. The van der Waals surface area contributed by atoms with Crippen LogP contribution in [0.25, 0.3) is 0 Å². The minimum absolute atomic E-state index is 0.0586. The molecule has 1 aromatic heterocycles. The molecule has 0 aliphatic carbocycles. The van der Waals surface area contributed by atoms with Crippen LogP contribution < -0.4 is 10.6 Å². The van der Waals surface area contributed by atoms with E-state index in [1.54, 1.807) is 6.92 Å². The van der Waals surface area contributed by atoms with Crippen LogP contribution in [0, 0.1) is 6.92 Å². The van der Waals surface area contributed by atoms with Gasteiger partial charge in [-0.15, -0.1) is 0 Å². The van der Waals surface area contributed by atoms with Crippen molar-refractivity contribution in [2.24, 2.45) is 0 Å². The Labute approximate surface area is 114 Å². The van der Waals surface area contributed by atoms with Crippen molar-refractivity contribution in [3.05, 3.63) is 17.5 Å². The van der Waals surface area contributed by atoms with Crippen molar-refractivity contribution in [1.82, 2.24) is 15.3 Å². The molecule has 20 heavy (non-hydrogen) atoms. The molecule has 0 saturated carbocycles. The number of hydrogen-bond acceptors (Lipinski definition) is 4. The number of piperidine rings is 1. The zero-order valence-corrected chi connectivity index (χ0v) is 11.1. The Morgan fingerprint density at radius 1 is 1.40 bits per heavy atom. The zero-order valence-electron chi connectivity index (χ0n) is 11.1. The topological polar surface area (TPSA) is 66.9 Å². The summed E-state index contributed by atoms with van der Waals surface area (Å²) >= 11 is 0. The minimum Gasteiger partial charge on any atom is -0.352 e. The third kappa shape index (κ3) is 3.37. The number of nitrogens with zero attached hydrogens (tertiary/aromatic N) is 2. The Hall–Kier alpha value is -1.86. The van der Waals surface area contributed by atoms with Gasteiger partial charge in [-0.2, -0.15) is 13.2 Å². The molecule has 1 aromatic rings. The number of alkyl halides is 3. The van der Waals surface area contributed by atoms with Crippen LogP contribution in [-0.2, 0) is 11.0 Å². The molecule has 5 nitrogen and oxygen atoms in total. The van der Waals surface area contributed by atoms with Crippen LogP contribution in [0.15, 0.2) is 6.07 Å². The fourth-order valence-electron chi connectivity index (χ4n) is 2.10. The first-order valence-corrected chi connectivity index (χ1v) is 6.24. The van der Waals surface area contributed by atoms with Crippen LogP contribution in [0.5, 0.6) is 0 Å². The van der Waals surface area contributed by atoms with E-state index in [0.717, 1.165) is 6.07 Å². The predicted octanol–water partition coefficient (Wildman–Crippen LogP) is 1.88. The second kappa shape index (κ2) is 5.26. The lowest BCUT2D eigenvalue weighted by atomic mass is 10.00. The Morgan fingerprint density at radius 3 is 2.70 bits per heavy atom. The quantitative estimate of drug-likeness (QED) is 0.872. The van der Waals surface area contributed by atoms with Crippen LogP contribution in [0.4, 0.5) is 19.1 Å². The Balaban J connectivity index is 2.17. The third-order valence-electron chi connectivity index (χ3n) is 3.13. The number of carbonyl (C=O) groups is 1. The summed E-state index contributed by atoms with van der Waals surface area (Å²) < 4.78 is 38.0. The molecule has 8 heteroatoms. The molecule has 0 aromatic carbocycles. The summed E-state index contributed by atoms with van der Waals surface area (Å²) in [7, 11) is 0. The molecule has 1 aliphatic rings. The number of rotatable bonds is 2. The Kier molecular flexibility index (Phi) is 3.82. The van der Waals surface area contributed by atoms with Gasteiger partial charge in [-0.1, -0.05) is 0 Å². The van der Waals surface area contributed by atoms with Crippen molar-refractivity contribution in [1.29, 1.82) is 0 Å². The number of nitrogens with one attached hydrogen (secondary N) is 2. The molecule has 0 spiro atoms. The van der Waals surface area contributed by atoms with E-state index in [0.29, 0.717) is 12.8 Å². The summed E-state index contributed by atoms with van der Waals surface area (Å²) in [6, 6.07) is 0.530. The monoisotopic (exact) mass is 288 g/mol. The average molecular weight is 288 g/mol. The van der Waals surface area contributed by atoms with Crippen molar-refractivity contribution in [3.63, 3.8) is 0 Å². The van der Waals surface area contributed by atoms with Gasteiger partial charge < -0.3 is 10.6 Å². The molecule has 2 heterocycles. The van der Waals surface area contributed by atoms with Gasteiger partial charge in [0.2, 0.25) is 11.9 Å². The van der Waals surface area contributed by atoms with Crippen LogP contribution in [0.2, 0.25) is 0 Å². The van der Waals surface area contributed by atoms with E-state index in [1.165, 1.54) is 6.92 Å². The highest BCUT2D eigenvalue weighted by Crippen LogP contribution is 2.28. The van der Waals surface area contributed by atoms with Gasteiger partial charge in [0.15, 0.2) is 0 Å². The summed E-state index contributed by atoms with van der Waals surface area (Å²) in [6.07, 6.45) is -3.64. The van der Waals surface area contributed by atoms with Gasteiger partial charge in [-0.05, 0) is 26.3 Å². The SMILES string of the molecule is Cc1cc(C(F)(F)F)nc(NC2CCC(=O)NC2C)n1. The van der Waals surface area contributed by atoms with Gasteiger partial charge in [0.05, 0.1) is 0 Å². The standard InChI is InChI=1S/C12H15F3N4O/c1-6-5-9(12(13,14)15)19-11(16-6)18-8-3-4-10(20)17-7(8)2/h5,7-8H,3-4H2,1-2H3,(H,17,20)(H,16,18,19). The number of halogens is 3. The average Bonchev–Trinajstić information content (AvgIpc) is 2.31. The van der Waals surface area contributed by atoms with E-state index in [9.17, 15) is 18.0 Å². The normalized spacial score (nSPS) is 23.4. The smallest absolute Gasteiger partial charge is 0.352 e. The number of aryl methyl sites for hydroxylation is 1. The summed E-state index contributed by atoms with van der Waals surface area (Å²) in [5.41, 5.74) is -0.734. The molecular formula is C12H15F3N4O. The second-order valence-corrected chi connectivity index (χ2v) is 4.86. The third-order valence-corrected chi connectivity index (χ3v) is 3.13. The number of amides is 1. The lowest BCUT2D eigenvalue weighted by molar-refractivity contribution is -0.141. The number of aromatic nitrogens is 2. The molecule has 2 N–H and O–H groups in total. The fourth-order valence-corrected chi connectivity index (χ4v) is 2.10. The minimum atomic E-state index is -4.50. The van der Waals surface area contributed by atoms with Crippen molar-refractivity contribution in [2.75, 3.05) is 5.32 Å². The van der Waals surface area contributed by atoms with Crippen molar-refractivity contribution in [3.8, 4) is 0 Å². The van der Waals surface area contributed by atoms with Gasteiger partial charge in [0.25, 0.3) is 0 Å². The molecule has 1 amide bonds. The van der Waals surface area contributed by atoms with Crippen LogP contribution in [0.1, 0.15) is 31.2 Å². The molecule has 2 unspecified atom stereocenters. The number of anilines is 1. The summed E-state index contributed by atoms with van der Waals surface area (Å²) in [5, 5.41) is 5.60. The van der Waals surface area contributed by atoms with Gasteiger partial charge in [0.1, 0.15) is 5.69 Å². The first-order chi connectivity index (χ1) is 9.25. The van der Waals surface area contributed by atoms with Crippen LogP contribution in [-0.4, -0.2) is 28.0 Å². The highest BCUT2D eigenvalue weighted by Gasteiger charge is 2.34. The molecular weight excluding hydrogens is 273 g/mol. The summed E-state index contributed by atoms with van der Waals surface area (Å²) in [5.74, 6) is -0.123. The molecule has 1 fully saturated rings. The first-order valence-electron chi connectivity index (χ1n) is 6.24. The van der Waals surface area contributed by atoms with Gasteiger partial charge in [0, 0.05) is 24.2 Å². The fraction of sp³-hybridized carbons (Fsp3) is 0.583. The van der Waals surface area contributed by atoms with Crippen molar-refractivity contribution < 1.29 is 18.0 Å². The molecule has 0 bridgehead atoms. The van der Waals surface area contributed by atoms with E-state index in [1.807, 2.05) is 0 Å². The van der Waals surface area contributed by atoms with E-state index in [2.05, 4.69) is 20.6 Å². The lowest BCUT2D eigenvalue weighted by Crippen LogP contribution is -2.49. The molecule has 1 saturated heterocycles. The van der Waals surface area contributed by atoms with E-state index in [4.69, 9.17) is 0 Å².